The first kappa shape index (κ1) is 13.9. The molecule has 0 spiro atoms. The maximum atomic E-state index is 11.5. The zero-order valence-electron chi connectivity index (χ0n) is 9.36. The van der Waals surface area contributed by atoms with E-state index in [2.05, 4.69) is 14.2 Å². The summed E-state index contributed by atoms with van der Waals surface area (Å²) < 4.78 is 18.7. The number of carbonyl (C=O) groups is 2. The molecule has 0 saturated heterocycles. The number of rotatable bonds is 6. The van der Waals surface area contributed by atoms with Crippen molar-refractivity contribution in [3.8, 4) is 0 Å². The Morgan fingerprint density at radius 1 is 1.07 bits per heavy atom. The van der Waals surface area contributed by atoms with Gasteiger partial charge in [-0.25, -0.2) is 9.59 Å². The van der Waals surface area contributed by atoms with Crippen molar-refractivity contribution < 1.29 is 28.5 Å². The smallest absolute Gasteiger partial charge is 0.350 e. The summed E-state index contributed by atoms with van der Waals surface area (Å²) in [5.74, 6) is -1.59. The Bertz CT molecular complexity index is 209. The van der Waals surface area contributed by atoms with Crippen molar-refractivity contribution in [1.29, 1.82) is 0 Å². The fraction of sp³-hybridized carbons (Fsp3) is 0.778. The Labute approximate surface area is 88.4 Å². The molecule has 88 valence electrons. The molecule has 0 aliphatic carbocycles. The zero-order chi connectivity index (χ0) is 11.9. The van der Waals surface area contributed by atoms with Crippen molar-refractivity contribution in [3.05, 3.63) is 0 Å². The zero-order valence-corrected chi connectivity index (χ0v) is 9.36. The third kappa shape index (κ3) is 2.90. The van der Waals surface area contributed by atoms with Gasteiger partial charge in [-0.2, -0.15) is 0 Å². The van der Waals surface area contributed by atoms with Gasteiger partial charge in [0.2, 0.25) is 0 Å². The predicted octanol–water partition coefficient (Wildman–Crippen LogP) is 0.102. The predicted molar refractivity (Wildman–Crippen MR) is 50.0 cm³/mol. The van der Waals surface area contributed by atoms with Crippen LogP contribution in [-0.2, 0) is 28.5 Å². The van der Waals surface area contributed by atoms with Crippen molar-refractivity contribution in [2.24, 2.45) is 0 Å². The second kappa shape index (κ2) is 6.36. The Morgan fingerprint density at radius 2 is 1.53 bits per heavy atom. The van der Waals surface area contributed by atoms with Gasteiger partial charge in [0, 0.05) is 7.11 Å². The summed E-state index contributed by atoms with van der Waals surface area (Å²) in [4.78, 5) is 22.9. The van der Waals surface area contributed by atoms with E-state index in [-0.39, 0.29) is 13.2 Å². The Balaban J connectivity index is 4.92. The van der Waals surface area contributed by atoms with Crippen molar-refractivity contribution >= 4 is 11.9 Å². The van der Waals surface area contributed by atoms with Crippen LogP contribution in [0.15, 0.2) is 0 Å². The summed E-state index contributed by atoms with van der Waals surface area (Å²) in [6.07, 6.45) is 0.107. The normalized spacial score (nSPS) is 10.9. The molecule has 0 aliphatic heterocycles. The highest BCUT2D eigenvalue weighted by molar-refractivity contribution is 6.03. The fourth-order valence-electron chi connectivity index (χ4n) is 1.08. The number of methoxy groups -OCH3 is 3. The van der Waals surface area contributed by atoms with Crippen LogP contribution in [0, 0.1) is 0 Å². The molecule has 0 fully saturated rings. The first-order valence-electron chi connectivity index (χ1n) is 4.38. The second-order valence-corrected chi connectivity index (χ2v) is 2.71. The Hall–Kier alpha value is -1.14. The van der Waals surface area contributed by atoms with E-state index >= 15 is 0 Å². The average Bonchev–Trinajstić information content (AvgIpc) is 2.29. The molecule has 0 aromatic rings. The molecule has 6 nitrogen and oxygen atoms in total. The van der Waals surface area contributed by atoms with Crippen LogP contribution in [0.5, 0.6) is 0 Å². The van der Waals surface area contributed by atoms with Gasteiger partial charge in [0.1, 0.15) is 6.79 Å². The second-order valence-electron chi connectivity index (χ2n) is 2.71. The van der Waals surface area contributed by atoms with Crippen LogP contribution >= 0.6 is 0 Å². The summed E-state index contributed by atoms with van der Waals surface area (Å²) in [6.45, 7) is 1.42. The van der Waals surface area contributed by atoms with E-state index in [9.17, 15) is 9.59 Å². The molecule has 0 aliphatic rings. The van der Waals surface area contributed by atoms with Crippen LogP contribution in [0.2, 0.25) is 0 Å². The standard InChI is InChI=1S/C9H16O6/c1-5-9(7(10)13-3,8(11)14-4)15-6-12-2/h5-6H2,1-4H3. The van der Waals surface area contributed by atoms with E-state index in [0.717, 1.165) is 0 Å². The Kier molecular flexibility index (Phi) is 5.88. The molecule has 0 heterocycles. The van der Waals surface area contributed by atoms with E-state index < -0.39 is 17.5 Å². The first-order valence-corrected chi connectivity index (χ1v) is 4.38. The summed E-state index contributed by atoms with van der Waals surface area (Å²) in [5.41, 5.74) is -1.74. The summed E-state index contributed by atoms with van der Waals surface area (Å²) in [5, 5.41) is 0. The van der Waals surface area contributed by atoms with Gasteiger partial charge in [-0.1, -0.05) is 6.92 Å². The molecule has 0 N–H and O–H groups in total. The third-order valence-corrected chi connectivity index (χ3v) is 1.95. The van der Waals surface area contributed by atoms with Crippen molar-refractivity contribution in [1.82, 2.24) is 0 Å². The van der Waals surface area contributed by atoms with E-state index in [1.54, 1.807) is 6.92 Å². The average molecular weight is 220 g/mol. The minimum absolute atomic E-state index is 0.107. The Morgan fingerprint density at radius 3 is 1.80 bits per heavy atom. The highest BCUT2D eigenvalue weighted by atomic mass is 16.7. The summed E-state index contributed by atoms with van der Waals surface area (Å²) in [7, 11) is 3.73. The van der Waals surface area contributed by atoms with Gasteiger partial charge in [-0.15, -0.1) is 0 Å². The highest BCUT2D eigenvalue weighted by Crippen LogP contribution is 2.20. The van der Waals surface area contributed by atoms with Crippen LogP contribution < -0.4 is 0 Å². The third-order valence-electron chi connectivity index (χ3n) is 1.95. The molecule has 0 aromatic heterocycles. The molecular weight excluding hydrogens is 204 g/mol. The molecule has 0 radical (unpaired) electrons. The monoisotopic (exact) mass is 220 g/mol. The van der Waals surface area contributed by atoms with Gasteiger partial charge in [0.05, 0.1) is 14.2 Å². The fourth-order valence-corrected chi connectivity index (χ4v) is 1.08. The topological polar surface area (TPSA) is 71.1 Å². The molecule has 0 bridgehead atoms. The van der Waals surface area contributed by atoms with Gasteiger partial charge in [-0.05, 0) is 6.42 Å². The van der Waals surface area contributed by atoms with Gasteiger partial charge in [0.15, 0.2) is 0 Å². The molecular formula is C9H16O6. The van der Waals surface area contributed by atoms with Gasteiger partial charge in [0.25, 0.3) is 5.60 Å². The lowest BCUT2D eigenvalue weighted by Gasteiger charge is -2.26. The lowest BCUT2D eigenvalue weighted by molar-refractivity contribution is -0.201. The molecule has 6 heteroatoms. The first-order chi connectivity index (χ1) is 7.08. The largest absolute Gasteiger partial charge is 0.466 e. The van der Waals surface area contributed by atoms with Gasteiger partial charge in [-0.3, -0.25) is 0 Å². The maximum absolute atomic E-state index is 11.5. The van der Waals surface area contributed by atoms with Crippen molar-refractivity contribution in [2.45, 2.75) is 18.9 Å². The summed E-state index contributed by atoms with van der Waals surface area (Å²) >= 11 is 0. The van der Waals surface area contributed by atoms with Crippen molar-refractivity contribution in [2.75, 3.05) is 28.1 Å². The van der Waals surface area contributed by atoms with Crippen LogP contribution in [0.25, 0.3) is 0 Å². The van der Waals surface area contributed by atoms with Gasteiger partial charge >= 0.3 is 11.9 Å². The SMILES string of the molecule is CCC(OCOC)(C(=O)OC)C(=O)OC. The van der Waals surface area contributed by atoms with Crippen LogP contribution in [0.3, 0.4) is 0 Å². The number of esters is 2. The molecule has 0 aromatic carbocycles. The number of ether oxygens (including phenoxy) is 4. The number of hydrogen-bond acceptors (Lipinski definition) is 6. The number of hydrogen-bond donors (Lipinski definition) is 0. The van der Waals surface area contributed by atoms with E-state index in [0.29, 0.717) is 0 Å². The van der Waals surface area contributed by atoms with E-state index in [4.69, 9.17) is 4.74 Å². The van der Waals surface area contributed by atoms with Crippen molar-refractivity contribution in [3.63, 3.8) is 0 Å². The molecule has 0 atom stereocenters. The molecule has 0 saturated carbocycles. The van der Waals surface area contributed by atoms with Crippen LogP contribution in [0.1, 0.15) is 13.3 Å². The van der Waals surface area contributed by atoms with E-state index in [1.165, 1.54) is 21.3 Å². The minimum atomic E-state index is -1.74. The molecule has 0 amide bonds. The molecule has 15 heavy (non-hydrogen) atoms. The van der Waals surface area contributed by atoms with Crippen LogP contribution in [0.4, 0.5) is 0 Å². The highest BCUT2D eigenvalue weighted by Gasteiger charge is 2.48. The maximum Gasteiger partial charge on any atom is 0.350 e. The van der Waals surface area contributed by atoms with E-state index in [1.807, 2.05) is 0 Å². The lowest BCUT2D eigenvalue weighted by atomic mass is 10.0. The quantitative estimate of drug-likeness (QED) is 0.359. The number of carbonyl (C=O) groups excluding carboxylic acids is 2. The molecule has 0 unspecified atom stereocenters. The lowest BCUT2D eigenvalue weighted by Crippen LogP contribution is -2.50. The van der Waals surface area contributed by atoms with Gasteiger partial charge < -0.3 is 18.9 Å². The summed E-state index contributed by atoms with van der Waals surface area (Å²) in [6, 6.07) is 0. The molecule has 0 rings (SSSR count). The van der Waals surface area contributed by atoms with Crippen LogP contribution in [-0.4, -0.2) is 45.7 Å². The minimum Gasteiger partial charge on any atom is -0.466 e.